The van der Waals surface area contributed by atoms with Crippen molar-refractivity contribution >= 4 is 11.0 Å². The molecule has 3 atom stereocenters. The minimum absolute atomic E-state index is 0.0881. The molecule has 1 aromatic carbocycles. The van der Waals surface area contributed by atoms with Gasteiger partial charge in [0.2, 0.25) is 0 Å². The highest BCUT2D eigenvalue weighted by atomic mass is 16.5. The van der Waals surface area contributed by atoms with Crippen molar-refractivity contribution in [2.45, 2.75) is 187 Å². The number of methoxy groups -OCH3 is 2. The second kappa shape index (κ2) is 25.3. The maximum Gasteiger partial charge on any atom is 0.182 e. The lowest BCUT2D eigenvalue weighted by molar-refractivity contribution is 0.189. The average molecular weight is 813 g/mol. The quantitative estimate of drug-likeness (QED) is 0.0560. The molecule has 0 amide bonds. The van der Waals surface area contributed by atoms with Gasteiger partial charge in [-0.25, -0.2) is 9.97 Å². The Morgan fingerprint density at radius 3 is 2.19 bits per heavy atom. The molecule has 8 heteroatoms. The molecule has 3 unspecified atom stereocenters. The van der Waals surface area contributed by atoms with Crippen LogP contribution in [0.2, 0.25) is 0 Å². The number of nitrogens with one attached hydrogen (secondary N) is 3. The summed E-state index contributed by atoms with van der Waals surface area (Å²) in [4.78, 5) is 12.3. The summed E-state index contributed by atoms with van der Waals surface area (Å²) in [5.74, 6) is 3.42. The second-order valence-corrected chi connectivity index (χ2v) is 18.6. The fraction of sp³-hybridized carbons (Fsp3) is 0.686. The number of nitrogens with zero attached hydrogens (tertiary/aromatic N) is 3. The summed E-state index contributed by atoms with van der Waals surface area (Å²) >= 11 is 0. The minimum Gasteiger partial charge on any atom is -0.497 e. The molecular formula is C51H84N6O2. The number of hydrogen-bond donors (Lipinski definition) is 3. The molecule has 5 fully saturated rings. The van der Waals surface area contributed by atoms with E-state index in [2.05, 4.69) is 80.9 Å². The summed E-state index contributed by atoms with van der Waals surface area (Å²) in [6, 6.07) is 6.80. The zero-order valence-electron chi connectivity index (χ0n) is 38.8. The molecule has 0 radical (unpaired) electrons. The Morgan fingerprint density at radius 2 is 1.68 bits per heavy atom. The van der Waals surface area contributed by atoms with Gasteiger partial charge in [0.15, 0.2) is 5.88 Å². The average Bonchev–Trinajstić information content (AvgIpc) is 4.13. The van der Waals surface area contributed by atoms with Crippen molar-refractivity contribution in [2.24, 2.45) is 11.3 Å². The van der Waals surface area contributed by atoms with Gasteiger partial charge < -0.3 is 30.3 Å². The molecular weight excluding hydrogens is 729 g/mol. The van der Waals surface area contributed by atoms with Crippen LogP contribution in [0, 0.1) is 11.3 Å². The van der Waals surface area contributed by atoms with E-state index >= 15 is 0 Å². The van der Waals surface area contributed by atoms with E-state index in [9.17, 15) is 0 Å². The van der Waals surface area contributed by atoms with Gasteiger partial charge in [0.05, 0.1) is 48.8 Å². The number of unbranched alkanes of at least 4 members (excludes halogenated alkanes) is 2. The van der Waals surface area contributed by atoms with E-state index in [4.69, 9.17) is 19.4 Å². The van der Waals surface area contributed by atoms with E-state index in [1.165, 1.54) is 126 Å². The highest BCUT2D eigenvalue weighted by Crippen LogP contribution is 2.41. The third-order valence-corrected chi connectivity index (χ3v) is 12.4. The Kier molecular flexibility index (Phi) is 20.6. The number of aromatic nitrogens is 2. The van der Waals surface area contributed by atoms with Crippen molar-refractivity contribution in [2.75, 3.05) is 27.8 Å². The molecule has 4 saturated carbocycles. The van der Waals surface area contributed by atoms with Gasteiger partial charge in [0.1, 0.15) is 5.75 Å². The molecule has 2 aromatic rings. The van der Waals surface area contributed by atoms with Crippen LogP contribution in [0.5, 0.6) is 5.75 Å². The zero-order chi connectivity index (χ0) is 42.6. The van der Waals surface area contributed by atoms with Crippen molar-refractivity contribution in [1.82, 2.24) is 30.8 Å². The maximum absolute atomic E-state index is 5.45. The van der Waals surface area contributed by atoms with Crippen molar-refractivity contribution in [3.63, 3.8) is 0 Å². The van der Waals surface area contributed by atoms with E-state index < -0.39 is 0 Å². The summed E-state index contributed by atoms with van der Waals surface area (Å²) in [5.41, 5.74) is 7.29. The van der Waals surface area contributed by atoms with Gasteiger partial charge in [-0.05, 0) is 120 Å². The first-order chi connectivity index (χ1) is 28.5. The molecule has 3 N–H and O–H groups in total. The van der Waals surface area contributed by atoms with Gasteiger partial charge in [0, 0.05) is 30.3 Å². The van der Waals surface area contributed by atoms with Gasteiger partial charge in [-0.2, -0.15) is 0 Å². The van der Waals surface area contributed by atoms with Crippen LogP contribution in [0.4, 0.5) is 0 Å². The predicted octanol–water partition coefficient (Wildman–Crippen LogP) is 12.2. The monoisotopic (exact) mass is 813 g/mol. The number of fused-ring (bicyclic) bond motifs is 1. The molecule has 1 aromatic heterocycles. The van der Waals surface area contributed by atoms with Crippen LogP contribution in [0.3, 0.4) is 0 Å². The van der Waals surface area contributed by atoms with Crippen molar-refractivity contribution in [3.05, 3.63) is 78.3 Å². The largest absolute Gasteiger partial charge is 0.497 e. The minimum atomic E-state index is 0.0881. The first-order valence-corrected chi connectivity index (χ1v) is 23.5. The van der Waals surface area contributed by atoms with E-state index in [1.54, 1.807) is 19.8 Å². The van der Waals surface area contributed by atoms with Gasteiger partial charge in [-0.3, -0.25) is 0 Å². The Balaban J connectivity index is 0.000000194. The molecule has 2 heterocycles. The first kappa shape index (κ1) is 48.1. The number of likely N-dealkylation sites (tertiary alicyclic amines) is 1. The number of ether oxygens (including phenoxy) is 2. The fourth-order valence-corrected chi connectivity index (χ4v) is 7.67. The van der Waals surface area contributed by atoms with Gasteiger partial charge in [-0.15, -0.1) is 6.58 Å². The normalized spacial score (nSPS) is 19.5. The lowest BCUT2D eigenvalue weighted by atomic mass is 9.84. The molecule has 59 heavy (non-hydrogen) atoms. The van der Waals surface area contributed by atoms with Crippen molar-refractivity contribution in [1.29, 1.82) is 0 Å². The summed E-state index contributed by atoms with van der Waals surface area (Å²) in [7, 11) is 5.38. The smallest absolute Gasteiger partial charge is 0.182 e. The zero-order valence-corrected chi connectivity index (χ0v) is 38.8. The van der Waals surface area contributed by atoms with Crippen LogP contribution in [0.25, 0.3) is 11.0 Å². The Labute approximate surface area is 360 Å². The molecule has 0 spiro atoms. The van der Waals surface area contributed by atoms with Crippen molar-refractivity contribution < 1.29 is 9.47 Å². The molecule has 330 valence electrons. The predicted molar refractivity (Wildman–Crippen MR) is 250 cm³/mol. The lowest BCUT2D eigenvalue weighted by Crippen LogP contribution is -2.47. The van der Waals surface area contributed by atoms with Crippen LogP contribution in [0.1, 0.15) is 174 Å². The number of benzene rings is 1. The standard InChI is InChI=1S/C20H26N2O.C17H32N2O.C10H18N2.C4H8/c1-23-16-11-12-17-19(13-16)22-20(15-9-10-15)18(21-17)6-4-2-3-5-14-7-8-14;1-8-10-15(20-7)18-16(17(4,5)6)14(3)19-12-9-11-13(19)2;1-3-5-10(11-2)12-8-9-6-4-7-9;1-2-4-3-1/h11-15H,2-10H2,1H3;10,13,16,18H,3,8-9,11-12H2,1-2,4-7H3;3,8,10-12H,1,4-7H2,2H3;1-4H2/b;15-10+;;. The Bertz CT molecular complexity index is 1610. The molecule has 7 rings (SSSR count). The Morgan fingerprint density at radius 1 is 0.949 bits per heavy atom. The highest BCUT2D eigenvalue weighted by Gasteiger charge is 2.34. The third-order valence-electron chi connectivity index (χ3n) is 12.4. The van der Waals surface area contributed by atoms with E-state index in [-0.39, 0.29) is 11.5 Å². The van der Waals surface area contributed by atoms with E-state index in [0.29, 0.717) is 18.1 Å². The summed E-state index contributed by atoms with van der Waals surface area (Å²) in [6.45, 7) is 20.4. The molecule has 8 nitrogen and oxygen atoms in total. The number of aryl methyl sites for hydroxylation is 1. The highest BCUT2D eigenvalue weighted by molar-refractivity contribution is 5.76. The topological polar surface area (TPSA) is 83.6 Å². The third kappa shape index (κ3) is 16.8. The van der Waals surface area contributed by atoms with Gasteiger partial charge in [-0.1, -0.05) is 104 Å². The molecule has 1 aliphatic heterocycles. The summed E-state index contributed by atoms with van der Waals surface area (Å²) < 4.78 is 10.8. The van der Waals surface area contributed by atoms with Crippen LogP contribution in [-0.2, 0) is 11.2 Å². The Hall–Kier alpha value is -3.52. The summed E-state index contributed by atoms with van der Waals surface area (Å²) in [6.07, 6.45) is 32.9. The van der Waals surface area contributed by atoms with Gasteiger partial charge >= 0.3 is 0 Å². The van der Waals surface area contributed by atoms with Crippen LogP contribution < -0.4 is 20.7 Å². The lowest BCUT2D eigenvalue weighted by Gasteiger charge is -2.39. The van der Waals surface area contributed by atoms with Crippen LogP contribution in [0.15, 0.2) is 66.9 Å². The van der Waals surface area contributed by atoms with Crippen LogP contribution >= 0.6 is 0 Å². The molecule has 1 saturated heterocycles. The number of hydrogen-bond acceptors (Lipinski definition) is 8. The van der Waals surface area contributed by atoms with E-state index in [0.717, 1.165) is 54.4 Å². The van der Waals surface area contributed by atoms with E-state index in [1.807, 2.05) is 31.3 Å². The number of rotatable bonds is 19. The molecule has 4 aliphatic carbocycles. The second-order valence-electron chi connectivity index (χ2n) is 18.6. The summed E-state index contributed by atoms with van der Waals surface area (Å²) in [5, 5.41) is 10.0. The number of allylic oxidation sites excluding steroid dienone is 2. The maximum atomic E-state index is 5.45. The fourth-order valence-electron chi connectivity index (χ4n) is 7.67. The molecule has 0 bridgehead atoms. The van der Waals surface area contributed by atoms with Crippen molar-refractivity contribution in [3.8, 4) is 5.75 Å². The SMILES string of the molecule is C1CCC1.C=C(C(N/C(=C\CC)OC)C(C)(C)C)N1CCCC1C.C=CCC(NC)NC=C1CCC1.COc1ccc2nc(CCCCCC3CC3)c(C3CC3)nc2c1. The van der Waals surface area contributed by atoms with Crippen LogP contribution in [-0.4, -0.2) is 60.9 Å². The molecule has 5 aliphatic rings. The van der Waals surface area contributed by atoms with Gasteiger partial charge in [0.25, 0.3) is 0 Å². The first-order valence-electron chi connectivity index (χ1n) is 23.5.